The van der Waals surface area contributed by atoms with Gasteiger partial charge in [0, 0.05) is 0 Å². The molecule has 2 aromatic carbocycles. The molecule has 0 spiro atoms. The number of rotatable bonds is 2. The van der Waals surface area contributed by atoms with Crippen LogP contribution < -0.4 is 5.32 Å². The van der Waals surface area contributed by atoms with E-state index in [-0.39, 0.29) is 10.7 Å². The van der Waals surface area contributed by atoms with E-state index in [9.17, 15) is 4.39 Å². The van der Waals surface area contributed by atoms with Gasteiger partial charge in [0.15, 0.2) is 0 Å². The molecule has 17 heavy (non-hydrogen) atoms. The molecule has 2 aromatic rings. The summed E-state index contributed by atoms with van der Waals surface area (Å²) in [5.41, 5.74) is 1.14. The van der Waals surface area contributed by atoms with E-state index < -0.39 is 5.82 Å². The van der Waals surface area contributed by atoms with Gasteiger partial charge in [-0.15, -0.1) is 0 Å². The summed E-state index contributed by atoms with van der Waals surface area (Å²) in [6.07, 6.45) is 0. The van der Waals surface area contributed by atoms with Gasteiger partial charge in [0.25, 0.3) is 0 Å². The second-order valence-electron chi connectivity index (χ2n) is 3.38. The molecule has 0 atom stereocenters. The summed E-state index contributed by atoms with van der Waals surface area (Å²) in [6.45, 7) is 0. The number of nitriles is 1. The SMILES string of the molecule is N#Cc1ccccc1Nc1c(F)cccc1Cl. The second kappa shape index (κ2) is 4.86. The molecular weight excluding hydrogens is 239 g/mol. The number of halogens is 2. The fourth-order valence-electron chi connectivity index (χ4n) is 1.44. The largest absolute Gasteiger partial charge is 0.351 e. The minimum Gasteiger partial charge on any atom is -0.351 e. The summed E-state index contributed by atoms with van der Waals surface area (Å²) in [5.74, 6) is -0.453. The van der Waals surface area contributed by atoms with Crippen molar-refractivity contribution in [2.75, 3.05) is 5.32 Å². The first-order chi connectivity index (χ1) is 8.22. The Morgan fingerprint density at radius 1 is 1.12 bits per heavy atom. The maximum absolute atomic E-state index is 13.5. The van der Waals surface area contributed by atoms with Crippen molar-refractivity contribution < 1.29 is 4.39 Å². The highest BCUT2D eigenvalue weighted by Crippen LogP contribution is 2.29. The lowest BCUT2D eigenvalue weighted by molar-refractivity contribution is 0.632. The van der Waals surface area contributed by atoms with Crippen molar-refractivity contribution in [3.8, 4) is 6.07 Å². The van der Waals surface area contributed by atoms with Crippen LogP contribution in [0.1, 0.15) is 5.56 Å². The van der Waals surface area contributed by atoms with E-state index in [4.69, 9.17) is 16.9 Å². The minimum absolute atomic E-state index is 0.178. The smallest absolute Gasteiger partial charge is 0.148 e. The number of anilines is 2. The standard InChI is InChI=1S/C13H8ClFN2/c14-10-5-3-6-11(15)13(10)17-12-7-2-1-4-9(12)8-16/h1-7,17H. The highest BCUT2D eigenvalue weighted by molar-refractivity contribution is 6.33. The molecule has 0 amide bonds. The summed E-state index contributed by atoms with van der Waals surface area (Å²) in [7, 11) is 0. The average molecular weight is 247 g/mol. The van der Waals surface area contributed by atoms with Gasteiger partial charge in [-0.25, -0.2) is 4.39 Å². The fraction of sp³-hybridized carbons (Fsp3) is 0. The van der Waals surface area contributed by atoms with Crippen LogP contribution in [0.25, 0.3) is 0 Å². The molecule has 0 radical (unpaired) electrons. The van der Waals surface area contributed by atoms with Crippen LogP contribution in [0.4, 0.5) is 15.8 Å². The summed E-state index contributed by atoms with van der Waals surface area (Å²) in [5, 5.41) is 12.0. The van der Waals surface area contributed by atoms with E-state index in [0.717, 1.165) is 0 Å². The van der Waals surface area contributed by atoms with Gasteiger partial charge in [0.1, 0.15) is 11.9 Å². The maximum atomic E-state index is 13.5. The molecule has 0 aliphatic heterocycles. The zero-order valence-electron chi connectivity index (χ0n) is 8.74. The van der Waals surface area contributed by atoms with Crippen LogP contribution in [0.2, 0.25) is 5.02 Å². The Kier molecular flexibility index (Phi) is 3.27. The van der Waals surface area contributed by atoms with Gasteiger partial charge in [-0.3, -0.25) is 0 Å². The van der Waals surface area contributed by atoms with Crippen molar-refractivity contribution in [2.24, 2.45) is 0 Å². The van der Waals surface area contributed by atoms with E-state index in [0.29, 0.717) is 11.3 Å². The van der Waals surface area contributed by atoms with Gasteiger partial charge in [-0.05, 0) is 24.3 Å². The number of hydrogen-bond acceptors (Lipinski definition) is 2. The van der Waals surface area contributed by atoms with Crippen molar-refractivity contribution in [3.63, 3.8) is 0 Å². The Morgan fingerprint density at radius 2 is 1.88 bits per heavy atom. The summed E-state index contributed by atoms with van der Waals surface area (Å²) < 4.78 is 13.5. The zero-order valence-corrected chi connectivity index (χ0v) is 9.50. The van der Waals surface area contributed by atoms with Crippen molar-refractivity contribution in [1.82, 2.24) is 0 Å². The molecule has 1 N–H and O–H groups in total. The van der Waals surface area contributed by atoms with Crippen LogP contribution in [-0.2, 0) is 0 Å². The molecule has 0 saturated heterocycles. The average Bonchev–Trinajstić information content (AvgIpc) is 2.34. The molecule has 0 unspecified atom stereocenters. The Hall–Kier alpha value is -2.05. The van der Waals surface area contributed by atoms with E-state index in [1.54, 1.807) is 30.3 Å². The van der Waals surface area contributed by atoms with Gasteiger partial charge in [0.2, 0.25) is 0 Å². The first kappa shape index (κ1) is 11.4. The number of hydrogen-bond donors (Lipinski definition) is 1. The van der Waals surface area contributed by atoms with Gasteiger partial charge >= 0.3 is 0 Å². The normalized spacial score (nSPS) is 9.71. The van der Waals surface area contributed by atoms with E-state index >= 15 is 0 Å². The van der Waals surface area contributed by atoms with Crippen molar-refractivity contribution in [2.45, 2.75) is 0 Å². The number of benzene rings is 2. The monoisotopic (exact) mass is 246 g/mol. The molecule has 0 saturated carbocycles. The van der Waals surface area contributed by atoms with Gasteiger partial charge in [0.05, 0.1) is 22.0 Å². The lowest BCUT2D eigenvalue weighted by atomic mass is 10.2. The first-order valence-electron chi connectivity index (χ1n) is 4.92. The highest BCUT2D eigenvalue weighted by atomic mass is 35.5. The molecule has 0 aliphatic carbocycles. The molecule has 0 heterocycles. The van der Waals surface area contributed by atoms with Crippen LogP contribution in [-0.4, -0.2) is 0 Å². The van der Waals surface area contributed by atoms with Gasteiger partial charge in [-0.2, -0.15) is 5.26 Å². The molecule has 0 fully saturated rings. The molecule has 2 nitrogen and oxygen atoms in total. The quantitative estimate of drug-likeness (QED) is 0.866. The summed E-state index contributed by atoms with van der Waals surface area (Å²) in [6, 6.07) is 13.3. The number of nitrogens with one attached hydrogen (secondary N) is 1. The Morgan fingerprint density at radius 3 is 2.59 bits per heavy atom. The van der Waals surface area contributed by atoms with E-state index in [1.807, 2.05) is 6.07 Å². The Bertz CT molecular complexity index is 570. The van der Waals surface area contributed by atoms with E-state index in [2.05, 4.69) is 5.32 Å². The van der Waals surface area contributed by atoms with Crippen molar-refractivity contribution in [3.05, 3.63) is 58.9 Å². The van der Waals surface area contributed by atoms with Crippen LogP contribution >= 0.6 is 11.6 Å². The summed E-state index contributed by atoms with van der Waals surface area (Å²) >= 11 is 5.89. The van der Waals surface area contributed by atoms with Crippen LogP contribution in [0.15, 0.2) is 42.5 Å². The Labute approximate surface area is 103 Å². The highest BCUT2D eigenvalue weighted by Gasteiger charge is 2.08. The lowest BCUT2D eigenvalue weighted by Crippen LogP contribution is -1.96. The van der Waals surface area contributed by atoms with Crippen LogP contribution in [0.3, 0.4) is 0 Å². The molecule has 0 bridgehead atoms. The van der Waals surface area contributed by atoms with Crippen LogP contribution in [0, 0.1) is 17.1 Å². The third kappa shape index (κ3) is 2.38. The molecular formula is C13H8ClFN2. The van der Waals surface area contributed by atoms with Crippen molar-refractivity contribution >= 4 is 23.0 Å². The lowest BCUT2D eigenvalue weighted by Gasteiger charge is -2.10. The third-order valence-corrected chi connectivity index (χ3v) is 2.58. The number of nitrogens with zero attached hydrogens (tertiary/aromatic N) is 1. The fourth-order valence-corrected chi connectivity index (χ4v) is 1.65. The Balaban J connectivity index is 2.42. The molecule has 0 aliphatic rings. The predicted molar refractivity (Wildman–Crippen MR) is 65.8 cm³/mol. The van der Waals surface area contributed by atoms with Gasteiger partial charge < -0.3 is 5.32 Å². The van der Waals surface area contributed by atoms with E-state index in [1.165, 1.54) is 12.1 Å². The topological polar surface area (TPSA) is 35.8 Å². The summed E-state index contributed by atoms with van der Waals surface area (Å²) in [4.78, 5) is 0. The van der Waals surface area contributed by atoms with Crippen molar-refractivity contribution in [1.29, 1.82) is 5.26 Å². The van der Waals surface area contributed by atoms with Gasteiger partial charge in [-0.1, -0.05) is 29.8 Å². The number of para-hydroxylation sites is 2. The predicted octanol–water partition coefficient (Wildman–Crippen LogP) is 4.09. The van der Waals surface area contributed by atoms with Crippen LogP contribution in [0.5, 0.6) is 0 Å². The molecule has 4 heteroatoms. The molecule has 0 aromatic heterocycles. The first-order valence-corrected chi connectivity index (χ1v) is 5.30. The second-order valence-corrected chi connectivity index (χ2v) is 3.79. The molecule has 2 rings (SSSR count). The molecule has 84 valence electrons. The maximum Gasteiger partial charge on any atom is 0.148 e. The third-order valence-electron chi connectivity index (χ3n) is 2.27. The zero-order chi connectivity index (χ0) is 12.3. The minimum atomic E-state index is -0.453.